The minimum absolute atomic E-state index is 0.111. The van der Waals surface area contributed by atoms with Gasteiger partial charge in [0.25, 0.3) is 0 Å². The predicted molar refractivity (Wildman–Crippen MR) is 83.3 cm³/mol. The molecule has 0 bridgehead atoms. The molecule has 0 saturated heterocycles. The second-order valence-corrected chi connectivity index (χ2v) is 5.95. The molecule has 0 saturated carbocycles. The van der Waals surface area contributed by atoms with Crippen molar-refractivity contribution >= 4 is 11.9 Å². The van der Waals surface area contributed by atoms with Gasteiger partial charge in [0.1, 0.15) is 0 Å². The van der Waals surface area contributed by atoms with Gasteiger partial charge in [-0.25, -0.2) is 0 Å². The van der Waals surface area contributed by atoms with Crippen molar-refractivity contribution in [1.29, 1.82) is 0 Å². The molecule has 7 heteroatoms. The Morgan fingerprint density at radius 1 is 0.783 bits per heavy atom. The number of carbonyl (C=O) groups is 2. The van der Waals surface area contributed by atoms with Gasteiger partial charge in [-0.2, -0.15) is 0 Å². The van der Waals surface area contributed by atoms with Gasteiger partial charge >= 0.3 is 44.2 Å². The molecule has 0 aromatic heterocycles. The van der Waals surface area contributed by atoms with E-state index in [1.54, 1.807) is 0 Å². The fourth-order valence-corrected chi connectivity index (χ4v) is 1.91. The Bertz CT molecular complexity index is 301. The Balaban J connectivity index is -0.000000297. The molecule has 23 heavy (non-hydrogen) atoms. The molecule has 0 amide bonds. The fourth-order valence-electron chi connectivity index (χ4n) is 1.91. The number of carboxylic acid groups (broad SMARTS) is 2. The van der Waals surface area contributed by atoms with E-state index in [4.69, 9.17) is 14.7 Å². The molecular formula is C16H32O6U. The molecule has 0 aliphatic heterocycles. The molecule has 0 aromatic rings. The van der Waals surface area contributed by atoms with E-state index in [2.05, 4.69) is 13.8 Å². The molecule has 0 heterocycles. The van der Waals surface area contributed by atoms with Gasteiger partial charge in [0.05, 0.1) is 11.8 Å². The number of carboxylic acids is 2. The third-order valence-electron chi connectivity index (χ3n) is 3.50. The van der Waals surface area contributed by atoms with E-state index >= 15 is 0 Å². The van der Waals surface area contributed by atoms with E-state index < -0.39 is 39.8 Å². The fraction of sp³-hybridized carbons (Fsp3) is 0.875. The maximum atomic E-state index is 10.4. The van der Waals surface area contributed by atoms with Crippen molar-refractivity contribution in [2.75, 3.05) is 0 Å². The van der Waals surface area contributed by atoms with Crippen LogP contribution in [0.2, 0.25) is 0 Å². The van der Waals surface area contributed by atoms with Crippen LogP contribution < -0.4 is 0 Å². The number of hydrogen-bond donors (Lipinski definition) is 2. The van der Waals surface area contributed by atoms with E-state index in [0.29, 0.717) is 0 Å². The van der Waals surface area contributed by atoms with Crippen LogP contribution in [-0.2, 0) is 14.1 Å². The van der Waals surface area contributed by atoms with Gasteiger partial charge in [-0.3, -0.25) is 9.59 Å². The summed E-state index contributed by atoms with van der Waals surface area (Å²) in [6.07, 6.45) is 7.43. The van der Waals surface area contributed by atoms with Crippen LogP contribution >= 0.6 is 0 Å². The van der Waals surface area contributed by atoms with Crippen molar-refractivity contribution in [3.63, 3.8) is 0 Å². The van der Waals surface area contributed by atoms with Crippen molar-refractivity contribution in [2.45, 2.75) is 79.1 Å². The monoisotopic (exact) mass is 558 g/mol. The first-order valence-electron chi connectivity index (χ1n) is 8.30. The van der Waals surface area contributed by atoms with Crippen LogP contribution in [0.15, 0.2) is 0 Å². The first-order chi connectivity index (χ1) is 10.9. The van der Waals surface area contributed by atoms with Crippen LogP contribution in [0.5, 0.6) is 0 Å². The first kappa shape index (κ1) is 27.4. The Morgan fingerprint density at radius 2 is 1.04 bits per heavy atom. The molecule has 0 aliphatic rings. The summed E-state index contributed by atoms with van der Waals surface area (Å²) in [4.78, 5) is 20.9. The molecule has 0 rings (SSSR count). The molecule has 136 valence electrons. The zero-order valence-corrected chi connectivity index (χ0v) is 19.0. The molecule has 0 aliphatic carbocycles. The van der Waals surface area contributed by atoms with Crippen LogP contribution in [0.1, 0.15) is 79.1 Å². The van der Waals surface area contributed by atoms with E-state index in [-0.39, 0.29) is 11.8 Å². The zero-order chi connectivity index (χ0) is 18.7. The number of unbranched alkanes of at least 4 members (excludes halogenated alkanes) is 2. The van der Waals surface area contributed by atoms with E-state index in [1.165, 1.54) is 0 Å². The van der Waals surface area contributed by atoms with Gasteiger partial charge in [0, 0.05) is 0 Å². The molecule has 2 atom stereocenters. The van der Waals surface area contributed by atoms with Gasteiger partial charge in [-0.15, -0.1) is 0 Å². The third kappa shape index (κ3) is 21.6. The van der Waals surface area contributed by atoms with Crippen molar-refractivity contribution < 1.29 is 52.1 Å². The molecule has 2 unspecified atom stereocenters. The minimum atomic E-state index is -2.51. The summed E-state index contributed by atoms with van der Waals surface area (Å²) in [5.74, 6) is -1.51. The van der Waals surface area contributed by atoms with Crippen molar-refractivity contribution in [2.24, 2.45) is 11.8 Å². The molecule has 0 radical (unpaired) electrons. The SMILES string of the molecule is CCCCC(CC)C(=O)O.CCCCC(CC)C(=O)O.[O]=[U]=[O]. The second kappa shape index (κ2) is 21.6. The van der Waals surface area contributed by atoms with Crippen LogP contribution in [-0.4, -0.2) is 22.2 Å². The molecule has 0 aromatic carbocycles. The molecule has 0 spiro atoms. The summed E-state index contributed by atoms with van der Waals surface area (Å²) in [7, 11) is 0. The summed E-state index contributed by atoms with van der Waals surface area (Å²) >= 11 is -2.51. The summed E-state index contributed by atoms with van der Waals surface area (Å²) < 4.78 is 17.2. The van der Waals surface area contributed by atoms with Gasteiger partial charge in [-0.1, -0.05) is 53.4 Å². The van der Waals surface area contributed by atoms with Crippen LogP contribution in [0, 0.1) is 39.7 Å². The summed E-state index contributed by atoms with van der Waals surface area (Å²) in [5, 5.41) is 17.2. The standard InChI is InChI=1S/2C8H16O2.2O.U/c2*1-3-5-6-7(4-2)8(9)10;;;/h2*7H,3-6H2,1-2H3,(H,9,10);;;. The van der Waals surface area contributed by atoms with Gasteiger partial charge in [0.15, 0.2) is 0 Å². The Hall–Kier alpha value is -0.408. The van der Waals surface area contributed by atoms with Crippen LogP contribution in [0.3, 0.4) is 0 Å². The Morgan fingerprint density at radius 3 is 1.17 bits per heavy atom. The van der Waals surface area contributed by atoms with Crippen LogP contribution in [0.25, 0.3) is 0 Å². The second-order valence-electron chi connectivity index (χ2n) is 5.25. The average molecular weight is 558 g/mol. The van der Waals surface area contributed by atoms with E-state index in [9.17, 15) is 9.59 Å². The molecule has 0 fully saturated rings. The van der Waals surface area contributed by atoms with E-state index in [0.717, 1.165) is 51.4 Å². The Labute approximate surface area is 154 Å². The quantitative estimate of drug-likeness (QED) is 0.413. The van der Waals surface area contributed by atoms with Gasteiger partial charge < -0.3 is 10.2 Å². The number of rotatable bonds is 10. The van der Waals surface area contributed by atoms with Crippen molar-refractivity contribution in [3.05, 3.63) is 0 Å². The van der Waals surface area contributed by atoms with E-state index in [1.807, 2.05) is 13.8 Å². The topological polar surface area (TPSA) is 109 Å². The zero-order valence-electron chi connectivity index (χ0n) is 14.8. The van der Waals surface area contributed by atoms with Crippen molar-refractivity contribution in [3.8, 4) is 0 Å². The normalized spacial score (nSPS) is 11.7. The number of aliphatic carboxylic acids is 2. The Kier molecular flexibility index (Phi) is 25.8. The third-order valence-corrected chi connectivity index (χ3v) is 3.50. The van der Waals surface area contributed by atoms with Gasteiger partial charge in [-0.05, 0) is 25.7 Å². The molecule has 2 N–H and O–H groups in total. The summed E-state index contributed by atoms with van der Waals surface area (Å²) in [6.45, 7) is 8.01. The van der Waals surface area contributed by atoms with Gasteiger partial charge in [0.2, 0.25) is 0 Å². The molecule has 6 nitrogen and oxygen atoms in total. The first-order valence-corrected chi connectivity index (χ1v) is 11.7. The van der Waals surface area contributed by atoms with Crippen LogP contribution in [0.4, 0.5) is 0 Å². The summed E-state index contributed by atoms with van der Waals surface area (Å²) in [6, 6.07) is 0. The number of hydrogen-bond acceptors (Lipinski definition) is 4. The van der Waals surface area contributed by atoms with Crippen molar-refractivity contribution in [1.82, 2.24) is 0 Å². The predicted octanol–water partition coefficient (Wildman–Crippen LogP) is 4.34. The summed E-state index contributed by atoms with van der Waals surface area (Å²) in [5.41, 5.74) is 0. The molecular weight excluding hydrogens is 526 g/mol. The maximum absolute atomic E-state index is 10.4. The average Bonchev–Trinajstić information content (AvgIpc) is 2.49.